The molecule has 2 aromatic heterocycles. The topological polar surface area (TPSA) is 33.1 Å². The molecule has 0 spiro atoms. The Bertz CT molecular complexity index is 434. The minimum absolute atomic E-state index is 0.216. The van der Waals surface area contributed by atoms with E-state index in [1.165, 1.54) is 14.8 Å². The molecule has 86 valence electrons. The summed E-state index contributed by atoms with van der Waals surface area (Å²) in [7, 11) is 0. The molecule has 0 bridgehead atoms. The lowest BCUT2D eigenvalue weighted by atomic mass is 10.3. The quantitative estimate of drug-likeness (QED) is 0.889. The van der Waals surface area contributed by atoms with Crippen molar-refractivity contribution in [2.75, 3.05) is 6.61 Å². The van der Waals surface area contributed by atoms with Crippen LogP contribution in [-0.2, 0) is 19.3 Å². The van der Waals surface area contributed by atoms with Crippen LogP contribution < -0.4 is 0 Å². The van der Waals surface area contributed by atoms with Gasteiger partial charge in [0.05, 0.1) is 10.7 Å². The van der Waals surface area contributed by atoms with Gasteiger partial charge in [-0.2, -0.15) is 0 Å². The van der Waals surface area contributed by atoms with Crippen LogP contribution in [-0.4, -0.2) is 16.7 Å². The smallest absolute Gasteiger partial charge is 0.0934 e. The maximum atomic E-state index is 8.91. The molecular weight excluding hydrogens is 238 g/mol. The van der Waals surface area contributed by atoms with E-state index >= 15 is 0 Å². The third-order valence-corrected chi connectivity index (χ3v) is 4.65. The van der Waals surface area contributed by atoms with Crippen molar-refractivity contribution in [1.29, 1.82) is 0 Å². The van der Waals surface area contributed by atoms with Crippen LogP contribution in [0, 0.1) is 6.92 Å². The van der Waals surface area contributed by atoms with Crippen LogP contribution in [0.5, 0.6) is 0 Å². The zero-order chi connectivity index (χ0) is 11.4. The lowest BCUT2D eigenvalue weighted by Crippen LogP contribution is -1.89. The number of thiazole rings is 1. The zero-order valence-corrected chi connectivity index (χ0v) is 10.9. The van der Waals surface area contributed by atoms with Gasteiger partial charge in [0.15, 0.2) is 0 Å². The zero-order valence-electron chi connectivity index (χ0n) is 9.27. The molecule has 0 saturated heterocycles. The third kappa shape index (κ3) is 2.90. The van der Waals surface area contributed by atoms with Gasteiger partial charge in [-0.25, -0.2) is 4.98 Å². The molecule has 2 aromatic rings. The number of hydrogen-bond donors (Lipinski definition) is 1. The predicted octanol–water partition coefficient (Wildman–Crippen LogP) is 2.83. The molecular formula is C12H15NOS2. The first-order valence-electron chi connectivity index (χ1n) is 5.38. The molecule has 0 fully saturated rings. The van der Waals surface area contributed by atoms with Crippen molar-refractivity contribution in [3.63, 3.8) is 0 Å². The van der Waals surface area contributed by atoms with Crippen LogP contribution >= 0.6 is 22.7 Å². The van der Waals surface area contributed by atoms with Crippen molar-refractivity contribution in [1.82, 2.24) is 4.98 Å². The maximum Gasteiger partial charge on any atom is 0.0934 e. The Morgan fingerprint density at radius 3 is 2.88 bits per heavy atom. The Morgan fingerprint density at radius 2 is 2.19 bits per heavy atom. The molecule has 16 heavy (non-hydrogen) atoms. The second-order valence-corrected chi connectivity index (χ2v) is 5.87. The van der Waals surface area contributed by atoms with E-state index in [1.807, 2.05) is 6.92 Å². The van der Waals surface area contributed by atoms with Gasteiger partial charge in [0, 0.05) is 29.2 Å². The molecule has 0 aliphatic carbocycles. The van der Waals surface area contributed by atoms with E-state index in [9.17, 15) is 0 Å². The number of aromatic nitrogens is 1. The minimum atomic E-state index is 0.216. The molecule has 0 unspecified atom stereocenters. The van der Waals surface area contributed by atoms with E-state index in [2.05, 4.69) is 22.5 Å². The maximum absolute atomic E-state index is 8.91. The predicted molar refractivity (Wildman–Crippen MR) is 69.4 cm³/mol. The summed E-state index contributed by atoms with van der Waals surface area (Å²) in [5.41, 5.74) is 1.08. The van der Waals surface area contributed by atoms with Gasteiger partial charge < -0.3 is 5.11 Å². The first-order valence-corrected chi connectivity index (χ1v) is 7.07. The standard InChI is InChI=1S/C12H15NOS2/c1-9-11(6-7-14)16-12(13-9)5-4-10-3-2-8-15-10/h2-3,8,14H,4-7H2,1H3. The molecule has 0 radical (unpaired) electrons. The van der Waals surface area contributed by atoms with Crippen molar-refractivity contribution in [2.24, 2.45) is 0 Å². The van der Waals surface area contributed by atoms with Crippen LogP contribution in [0.3, 0.4) is 0 Å². The summed E-state index contributed by atoms with van der Waals surface area (Å²) in [4.78, 5) is 7.18. The Kier molecular flexibility index (Phi) is 4.09. The van der Waals surface area contributed by atoms with E-state index < -0.39 is 0 Å². The van der Waals surface area contributed by atoms with E-state index in [-0.39, 0.29) is 6.61 Å². The second-order valence-electron chi connectivity index (χ2n) is 3.67. The Hall–Kier alpha value is -0.710. The van der Waals surface area contributed by atoms with Gasteiger partial charge in [-0.1, -0.05) is 6.07 Å². The Labute approximate surface area is 104 Å². The number of rotatable bonds is 5. The summed E-state index contributed by atoms with van der Waals surface area (Å²) in [6.45, 7) is 2.24. The summed E-state index contributed by atoms with van der Waals surface area (Å²) in [6, 6.07) is 4.25. The Balaban J connectivity index is 1.97. The highest BCUT2D eigenvalue weighted by molar-refractivity contribution is 7.11. The number of nitrogens with zero attached hydrogens (tertiary/aromatic N) is 1. The van der Waals surface area contributed by atoms with Crippen LogP contribution in [0.15, 0.2) is 17.5 Å². The fourth-order valence-electron chi connectivity index (χ4n) is 1.61. The van der Waals surface area contributed by atoms with Crippen LogP contribution in [0.25, 0.3) is 0 Å². The highest BCUT2D eigenvalue weighted by atomic mass is 32.1. The second kappa shape index (κ2) is 5.57. The van der Waals surface area contributed by atoms with Crippen molar-refractivity contribution in [3.8, 4) is 0 Å². The highest BCUT2D eigenvalue weighted by Crippen LogP contribution is 2.21. The fourth-order valence-corrected chi connectivity index (χ4v) is 3.38. The molecule has 0 aliphatic rings. The first kappa shape index (κ1) is 11.8. The van der Waals surface area contributed by atoms with E-state index in [0.29, 0.717) is 0 Å². The molecule has 0 aromatic carbocycles. The Morgan fingerprint density at radius 1 is 1.31 bits per heavy atom. The molecule has 1 N–H and O–H groups in total. The van der Waals surface area contributed by atoms with Crippen molar-refractivity contribution < 1.29 is 5.11 Å². The van der Waals surface area contributed by atoms with Gasteiger partial charge in [-0.15, -0.1) is 22.7 Å². The lowest BCUT2D eigenvalue weighted by molar-refractivity contribution is 0.300. The summed E-state index contributed by atoms with van der Waals surface area (Å²) in [5.74, 6) is 0. The number of hydrogen-bond acceptors (Lipinski definition) is 4. The van der Waals surface area contributed by atoms with E-state index in [0.717, 1.165) is 25.0 Å². The summed E-state index contributed by atoms with van der Waals surface area (Å²) in [5, 5.41) is 12.2. The number of aliphatic hydroxyl groups excluding tert-OH is 1. The van der Waals surface area contributed by atoms with Gasteiger partial charge in [0.2, 0.25) is 0 Å². The first-order chi connectivity index (χ1) is 7.79. The number of thiophene rings is 1. The molecule has 2 nitrogen and oxygen atoms in total. The van der Waals surface area contributed by atoms with Crippen LogP contribution in [0.4, 0.5) is 0 Å². The number of aliphatic hydroxyl groups is 1. The van der Waals surface area contributed by atoms with Crippen LogP contribution in [0.1, 0.15) is 20.5 Å². The lowest BCUT2D eigenvalue weighted by Gasteiger charge is -1.93. The van der Waals surface area contributed by atoms with Gasteiger partial charge in [0.25, 0.3) is 0 Å². The minimum Gasteiger partial charge on any atom is -0.396 e. The van der Waals surface area contributed by atoms with E-state index in [1.54, 1.807) is 22.7 Å². The number of aryl methyl sites for hydroxylation is 3. The average Bonchev–Trinajstić information content (AvgIpc) is 2.87. The average molecular weight is 253 g/mol. The van der Waals surface area contributed by atoms with Crippen LogP contribution in [0.2, 0.25) is 0 Å². The molecule has 2 rings (SSSR count). The SMILES string of the molecule is Cc1nc(CCc2cccs2)sc1CCO. The summed E-state index contributed by atoms with van der Waals surface area (Å²) in [6.07, 6.45) is 2.82. The summed E-state index contributed by atoms with van der Waals surface area (Å²) >= 11 is 3.54. The normalized spacial score (nSPS) is 10.9. The molecule has 0 aliphatic heterocycles. The molecule has 4 heteroatoms. The van der Waals surface area contributed by atoms with Crippen molar-refractivity contribution in [2.45, 2.75) is 26.2 Å². The molecule has 0 saturated carbocycles. The monoisotopic (exact) mass is 253 g/mol. The van der Waals surface area contributed by atoms with Gasteiger partial charge in [-0.3, -0.25) is 0 Å². The van der Waals surface area contributed by atoms with Gasteiger partial charge in [0.1, 0.15) is 0 Å². The molecule has 2 heterocycles. The van der Waals surface area contributed by atoms with E-state index in [4.69, 9.17) is 5.11 Å². The third-order valence-electron chi connectivity index (χ3n) is 2.44. The van der Waals surface area contributed by atoms with Crippen molar-refractivity contribution in [3.05, 3.63) is 38.0 Å². The molecule has 0 amide bonds. The van der Waals surface area contributed by atoms with Crippen molar-refractivity contribution >= 4 is 22.7 Å². The van der Waals surface area contributed by atoms with Gasteiger partial charge >= 0.3 is 0 Å². The fraction of sp³-hybridized carbons (Fsp3) is 0.417. The summed E-state index contributed by atoms with van der Waals surface area (Å²) < 4.78 is 0. The molecule has 0 atom stereocenters. The van der Waals surface area contributed by atoms with Gasteiger partial charge in [-0.05, 0) is 24.8 Å². The highest BCUT2D eigenvalue weighted by Gasteiger charge is 2.07. The largest absolute Gasteiger partial charge is 0.396 e.